The summed E-state index contributed by atoms with van der Waals surface area (Å²) in [6.45, 7) is 8.15. The van der Waals surface area contributed by atoms with Gasteiger partial charge in [-0.25, -0.2) is 0 Å². The molecule has 8 heteroatoms. The van der Waals surface area contributed by atoms with Gasteiger partial charge in [0, 0.05) is 43.7 Å². The number of carbonyl (C=O) groups is 3. The average molecular weight is 524 g/mol. The molecule has 0 bridgehead atoms. The number of fused-ring (bicyclic) bond motifs is 2. The standard InChI is InChI=1S/C29H37N3O4S/c1-4-13-30-14-7-9-22-23(26(30)34)24-27(35)32(15-5-6-17-33)25-28(36)31(16-8-12-29(24,25)37-22)21-18-19(2)10-11-20(21)3/h7-12,18,22-25,33H,4-6,13-17H2,1-3H3/t22-,23+,24+,25?,29+/m1/s1. The average Bonchev–Trinajstić information content (AvgIpc) is 3.18. The number of carbonyl (C=O) groups excluding carboxylic acids is 3. The molecule has 37 heavy (non-hydrogen) atoms. The minimum absolute atomic E-state index is 0.0204. The summed E-state index contributed by atoms with van der Waals surface area (Å²) < 4.78 is -0.801. The molecule has 5 rings (SSSR count). The molecule has 2 fully saturated rings. The van der Waals surface area contributed by atoms with E-state index in [2.05, 4.69) is 19.1 Å². The van der Waals surface area contributed by atoms with Gasteiger partial charge >= 0.3 is 0 Å². The zero-order valence-electron chi connectivity index (χ0n) is 21.9. The lowest BCUT2D eigenvalue weighted by Crippen LogP contribution is -2.53. The van der Waals surface area contributed by atoms with Crippen LogP contribution in [0.3, 0.4) is 0 Å². The minimum atomic E-state index is -0.801. The van der Waals surface area contributed by atoms with Crippen molar-refractivity contribution in [2.75, 3.05) is 37.7 Å². The Labute approximate surface area is 223 Å². The summed E-state index contributed by atoms with van der Waals surface area (Å²) in [5.41, 5.74) is 2.94. The summed E-state index contributed by atoms with van der Waals surface area (Å²) >= 11 is 1.62. The summed E-state index contributed by atoms with van der Waals surface area (Å²) in [6.07, 6.45) is 10.2. The quantitative estimate of drug-likeness (QED) is 0.439. The molecule has 1 aromatic carbocycles. The number of unbranched alkanes of at least 4 members (excludes halogenated alkanes) is 1. The Hall–Kier alpha value is -2.58. The first kappa shape index (κ1) is 26.0. The Bertz CT molecular complexity index is 1150. The minimum Gasteiger partial charge on any atom is -0.396 e. The summed E-state index contributed by atoms with van der Waals surface area (Å²) in [5, 5.41) is 9.25. The number of rotatable bonds is 7. The van der Waals surface area contributed by atoms with Crippen molar-refractivity contribution in [2.45, 2.75) is 56.1 Å². The van der Waals surface area contributed by atoms with Gasteiger partial charge in [-0.2, -0.15) is 0 Å². The molecule has 0 aliphatic carbocycles. The Balaban J connectivity index is 1.59. The smallest absolute Gasteiger partial charge is 0.251 e. The van der Waals surface area contributed by atoms with Crippen LogP contribution in [-0.2, 0) is 14.4 Å². The van der Waals surface area contributed by atoms with E-state index in [-0.39, 0.29) is 29.6 Å². The maximum atomic E-state index is 14.5. The first-order valence-corrected chi connectivity index (χ1v) is 14.3. The first-order valence-electron chi connectivity index (χ1n) is 13.4. The van der Waals surface area contributed by atoms with Crippen LogP contribution in [0.25, 0.3) is 0 Å². The number of aliphatic hydroxyl groups is 1. The number of aryl methyl sites for hydroxylation is 2. The van der Waals surface area contributed by atoms with Gasteiger partial charge in [-0.1, -0.05) is 43.4 Å². The van der Waals surface area contributed by atoms with Crippen molar-refractivity contribution in [1.82, 2.24) is 9.80 Å². The fraction of sp³-hybridized carbons (Fsp3) is 0.552. The number of likely N-dealkylation sites (tertiary alicyclic amines) is 1. The van der Waals surface area contributed by atoms with Gasteiger partial charge in [0.15, 0.2) is 0 Å². The van der Waals surface area contributed by atoms with Gasteiger partial charge in [-0.05, 0) is 50.3 Å². The lowest BCUT2D eigenvalue weighted by atomic mass is 9.78. The third-order valence-electron chi connectivity index (χ3n) is 8.20. The summed E-state index contributed by atoms with van der Waals surface area (Å²) in [5.74, 6) is -1.26. The zero-order chi connectivity index (χ0) is 26.3. The number of anilines is 1. The molecular formula is C29H37N3O4S. The van der Waals surface area contributed by atoms with Crippen molar-refractivity contribution >= 4 is 35.2 Å². The van der Waals surface area contributed by atoms with Gasteiger partial charge in [-0.3, -0.25) is 14.4 Å². The maximum absolute atomic E-state index is 14.5. The van der Waals surface area contributed by atoms with Crippen LogP contribution in [0.15, 0.2) is 42.5 Å². The van der Waals surface area contributed by atoms with Crippen LogP contribution in [-0.4, -0.2) is 81.5 Å². The fourth-order valence-corrected chi connectivity index (χ4v) is 8.53. The highest BCUT2D eigenvalue weighted by Crippen LogP contribution is 2.61. The van der Waals surface area contributed by atoms with E-state index in [9.17, 15) is 19.5 Å². The molecule has 4 heterocycles. The van der Waals surface area contributed by atoms with Crippen LogP contribution in [0.4, 0.5) is 5.69 Å². The van der Waals surface area contributed by atoms with Gasteiger partial charge in [0.1, 0.15) is 6.04 Å². The number of hydrogen-bond donors (Lipinski definition) is 1. The zero-order valence-corrected chi connectivity index (χ0v) is 22.7. The van der Waals surface area contributed by atoms with Crippen LogP contribution < -0.4 is 4.90 Å². The molecule has 3 amide bonds. The maximum Gasteiger partial charge on any atom is 0.251 e. The van der Waals surface area contributed by atoms with E-state index in [0.717, 1.165) is 23.2 Å². The summed E-state index contributed by atoms with van der Waals surface area (Å²) in [4.78, 5) is 47.9. The van der Waals surface area contributed by atoms with E-state index >= 15 is 0 Å². The topological polar surface area (TPSA) is 81.2 Å². The van der Waals surface area contributed by atoms with E-state index in [4.69, 9.17) is 0 Å². The molecule has 4 aliphatic rings. The molecule has 1 spiro atoms. The number of benzene rings is 1. The van der Waals surface area contributed by atoms with Crippen LogP contribution in [0.5, 0.6) is 0 Å². The van der Waals surface area contributed by atoms with Crippen molar-refractivity contribution in [1.29, 1.82) is 0 Å². The lowest BCUT2D eigenvalue weighted by molar-refractivity contribution is -0.142. The summed E-state index contributed by atoms with van der Waals surface area (Å²) in [7, 11) is 0. The van der Waals surface area contributed by atoms with Crippen molar-refractivity contribution in [3.05, 3.63) is 53.6 Å². The predicted octanol–water partition coefficient (Wildman–Crippen LogP) is 3.08. The fourth-order valence-electron chi connectivity index (χ4n) is 6.52. The predicted molar refractivity (Wildman–Crippen MR) is 146 cm³/mol. The van der Waals surface area contributed by atoms with Gasteiger partial charge in [0.2, 0.25) is 11.8 Å². The van der Waals surface area contributed by atoms with Gasteiger partial charge in [-0.15, -0.1) is 11.8 Å². The monoisotopic (exact) mass is 523 g/mol. The SMILES string of the molecule is CCCN1CC=C[C@H]2S[C@]34C=CCN(c5cc(C)ccc5C)C(=O)C3N(CCCCO)C(=O)[C@@H]4[C@H]2C1=O. The van der Waals surface area contributed by atoms with Crippen LogP contribution in [0.1, 0.15) is 37.3 Å². The van der Waals surface area contributed by atoms with Crippen LogP contribution in [0, 0.1) is 25.7 Å². The molecule has 1 aromatic rings. The molecule has 5 atom stereocenters. The molecule has 2 saturated heterocycles. The third-order valence-corrected chi connectivity index (χ3v) is 9.94. The van der Waals surface area contributed by atoms with Gasteiger partial charge < -0.3 is 19.8 Å². The van der Waals surface area contributed by atoms with E-state index in [1.807, 2.05) is 54.0 Å². The molecule has 198 valence electrons. The number of nitrogens with zero attached hydrogens (tertiary/aromatic N) is 3. The molecule has 1 N–H and O–H groups in total. The second-order valence-electron chi connectivity index (χ2n) is 10.7. The van der Waals surface area contributed by atoms with E-state index in [1.165, 1.54) is 0 Å². The summed E-state index contributed by atoms with van der Waals surface area (Å²) in [6, 6.07) is 5.40. The first-order chi connectivity index (χ1) is 17.8. The number of hydrogen-bond acceptors (Lipinski definition) is 5. The highest BCUT2D eigenvalue weighted by atomic mass is 32.2. The Kier molecular flexibility index (Phi) is 7.24. The van der Waals surface area contributed by atoms with Crippen LogP contribution in [0.2, 0.25) is 0 Å². The highest BCUT2D eigenvalue weighted by Gasteiger charge is 2.70. The molecule has 0 aromatic heterocycles. The third kappa shape index (κ3) is 4.22. The second-order valence-corrected chi connectivity index (χ2v) is 12.1. The molecule has 7 nitrogen and oxygen atoms in total. The number of thioether (sulfide) groups is 1. The molecule has 0 radical (unpaired) electrons. The molecule has 1 unspecified atom stereocenters. The highest BCUT2D eigenvalue weighted by molar-refractivity contribution is 8.02. The van der Waals surface area contributed by atoms with Crippen LogP contribution >= 0.6 is 11.8 Å². The van der Waals surface area contributed by atoms with Crippen molar-refractivity contribution in [3.63, 3.8) is 0 Å². The van der Waals surface area contributed by atoms with Gasteiger partial charge in [0.25, 0.3) is 5.91 Å². The number of amides is 3. The second kappa shape index (κ2) is 10.3. The van der Waals surface area contributed by atoms with Gasteiger partial charge in [0.05, 0.1) is 16.6 Å². The lowest BCUT2D eigenvalue weighted by Gasteiger charge is -2.35. The van der Waals surface area contributed by atoms with Crippen molar-refractivity contribution in [2.24, 2.45) is 11.8 Å². The molecular weight excluding hydrogens is 486 g/mol. The number of aliphatic hydroxyl groups excluding tert-OH is 1. The van der Waals surface area contributed by atoms with Crippen molar-refractivity contribution in [3.8, 4) is 0 Å². The van der Waals surface area contributed by atoms with E-state index < -0.39 is 22.6 Å². The van der Waals surface area contributed by atoms with Crippen molar-refractivity contribution < 1.29 is 19.5 Å². The Morgan fingerprint density at radius 2 is 1.84 bits per heavy atom. The van der Waals surface area contributed by atoms with E-state index in [0.29, 0.717) is 39.0 Å². The Morgan fingerprint density at radius 1 is 1.03 bits per heavy atom. The normalized spacial score (nSPS) is 30.9. The molecule has 0 saturated carbocycles. The Morgan fingerprint density at radius 3 is 2.59 bits per heavy atom. The van der Waals surface area contributed by atoms with E-state index in [1.54, 1.807) is 16.7 Å². The molecule has 4 aliphatic heterocycles. The largest absolute Gasteiger partial charge is 0.396 e.